The first kappa shape index (κ1) is 10.0. The van der Waals surface area contributed by atoms with Gasteiger partial charge in [-0.1, -0.05) is 12.1 Å². The molecule has 2 aliphatic carbocycles. The Kier molecular flexibility index (Phi) is 1.95. The van der Waals surface area contributed by atoms with Crippen molar-refractivity contribution in [3.8, 4) is 0 Å². The van der Waals surface area contributed by atoms with Gasteiger partial charge in [0, 0.05) is 12.3 Å². The molecule has 3 heteroatoms. The molecule has 1 heterocycles. The Morgan fingerprint density at radius 2 is 2.18 bits per heavy atom. The monoisotopic (exact) mass is 245 g/mol. The molecule has 0 radical (unpaired) electrons. The van der Waals surface area contributed by atoms with E-state index >= 15 is 0 Å². The summed E-state index contributed by atoms with van der Waals surface area (Å²) in [6.45, 7) is 0. The lowest BCUT2D eigenvalue weighted by Gasteiger charge is -2.07. The fourth-order valence-electron chi connectivity index (χ4n) is 2.35. The molecule has 1 aromatic carbocycles. The highest BCUT2D eigenvalue weighted by Gasteiger charge is 2.40. The first-order chi connectivity index (χ1) is 8.23. The van der Waals surface area contributed by atoms with Crippen molar-refractivity contribution in [2.45, 2.75) is 43.6 Å². The van der Waals surface area contributed by atoms with Crippen LogP contribution in [0.2, 0.25) is 0 Å². The normalized spacial score (nSPS) is 21.9. The van der Waals surface area contributed by atoms with Gasteiger partial charge in [0.05, 0.1) is 20.8 Å². The molecule has 2 saturated carbocycles. The molecule has 1 N–H and O–H groups in total. The average Bonchev–Trinajstić information content (AvgIpc) is 3.22. The molecule has 2 nitrogen and oxygen atoms in total. The summed E-state index contributed by atoms with van der Waals surface area (Å²) in [5.41, 5.74) is 1.95. The fraction of sp³-hybridized carbons (Fsp3) is 0.500. The predicted molar refractivity (Wildman–Crippen MR) is 69.5 cm³/mol. The number of thiazole rings is 1. The number of nitrogens with zero attached hydrogens (tertiary/aromatic N) is 1. The molecule has 0 spiro atoms. The molecular formula is C14H15NOS. The third kappa shape index (κ3) is 1.78. The maximum absolute atomic E-state index is 10.0. The smallest absolute Gasteiger partial charge is 0.0969 e. The average molecular weight is 245 g/mol. The van der Waals surface area contributed by atoms with Crippen LogP contribution in [0.3, 0.4) is 0 Å². The highest BCUT2D eigenvalue weighted by Crippen LogP contribution is 2.44. The summed E-state index contributed by atoms with van der Waals surface area (Å²) in [5, 5.41) is 11.3. The van der Waals surface area contributed by atoms with E-state index in [1.54, 1.807) is 0 Å². The van der Waals surface area contributed by atoms with Gasteiger partial charge in [0.1, 0.15) is 0 Å². The number of benzene rings is 1. The van der Waals surface area contributed by atoms with Crippen LogP contribution in [0.1, 0.15) is 42.2 Å². The highest BCUT2D eigenvalue weighted by molar-refractivity contribution is 7.18. The van der Waals surface area contributed by atoms with Gasteiger partial charge >= 0.3 is 0 Å². The third-order valence-electron chi connectivity index (χ3n) is 3.79. The molecule has 0 aliphatic heterocycles. The summed E-state index contributed by atoms with van der Waals surface area (Å²) in [6.07, 6.45) is 5.28. The van der Waals surface area contributed by atoms with Crippen LogP contribution in [0.25, 0.3) is 10.2 Å². The van der Waals surface area contributed by atoms with E-state index in [1.165, 1.54) is 28.1 Å². The summed E-state index contributed by atoms with van der Waals surface area (Å²) >= 11 is 1.84. The van der Waals surface area contributed by atoms with Crippen molar-refractivity contribution in [2.24, 2.45) is 0 Å². The maximum Gasteiger partial charge on any atom is 0.0969 e. The van der Waals surface area contributed by atoms with E-state index in [0.717, 1.165) is 30.7 Å². The summed E-state index contributed by atoms with van der Waals surface area (Å²) < 4.78 is 1.29. The fourth-order valence-corrected chi connectivity index (χ4v) is 3.53. The second kappa shape index (κ2) is 3.30. The number of para-hydroxylation sites is 1. The van der Waals surface area contributed by atoms with Gasteiger partial charge in [-0.05, 0) is 37.3 Å². The molecule has 0 saturated heterocycles. The third-order valence-corrected chi connectivity index (χ3v) is 4.98. The van der Waals surface area contributed by atoms with Crippen LogP contribution in [0.5, 0.6) is 0 Å². The number of fused-ring (bicyclic) bond motifs is 1. The van der Waals surface area contributed by atoms with E-state index in [-0.39, 0.29) is 0 Å². The summed E-state index contributed by atoms with van der Waals surface area (Å²) in [6, 6.07) is 6.37. The Balaban J connectivity index is 1.79. The maximum atomic E-state index is 10.0. The second-order valence-corrected chi connectivity index (χ2v) is 6.55. The van der Waals surface area contributed by atoms with Gasteiger partial charge in [-0.15, -0.1) is 11.3 Å². The van der Waals surface area contributed by atoms with Crippen LogP contribution >= 0.6 is 11.3 Å². The molecule has 1 aromatic heterocycles. The van der Waals surface area contributed by atoms with Crippen LogP contribution < -0.4 is 0 Å². The van der Waals surface area contributed by atoms with Gasteiger partial charge in [0.15, 0.2) is 0 Å². The van der Waals surface area contributed by atoms with Crippen LogP contribution in [0.15, 0.2) is 18.2 Å². The van der Waals surface area contributed by atoms with Crippen LogP contribution in [0.4, 0.5) is 0 Å². The molecular weight excluding hydrogens is 230 g/mol. The van der Waals surface area contributed by atoms with Gasteiger partial charge < -0.3 is 5.11 Å². The zero-order chi connectivity index (χ0) is 11.5. The number of hydrogen-bond donors (Lipinski definition) is 1. The number of aromatic nitrogens is 1. The minimum atomic E-state index is -0.419. The topological polar surface area (TPSA) is 33.1 Å². The molecule has 2 fully saturated rings. The standard InChI is InChI=1S/C14H15NOS/c16-14(6-7-14)8-10-2-1-3-11-12(10)15-13(17-11)9-4-5-9/h1-3,9,16H,4-8H2. The lowest BCUT2D eigenvalue weighted by atomic mass is 10.1. The zero-order valence-electron chi connectivity index (χ0n) is 9.65. The molecule has 2 aliphatic rings. The Morgan fingerprint density at radius 1 is 1.35 bits per heavy atom. The molecule has 0 unspecified atom stereocenters. The van der Waals surface area contributed by atoms with E-state index in [4.69, 9.17) is 4.98 Å². The van der Waals surface area contributed by atoms with Crippen molar-refractivity contribution >= 4 is 21.6 Å². The first-order valence-electron chi connectivity index (χ1n) is 6.34. The minimum Gasteiger partial charge on any atom is -0.390 e. The highest BCUT2D eigenvalue weighted by atomic mass is 32.1. The predicted octanol–water partition coefficient (Wildman–Crippen LogP) is 3.24. The number of aliphatic hydroxyl groups is 1. The lowest BCUT2D eigenvalue weighted by molar-refractivity contribution is 0.151. The van der Waals surface area contributed by atoms with Crippen LogP contribution in [0, 0.1) is 0 Å². The second-order valence-electron chi connectivity index (χ2n) is 5.49. The van der Waals surface area contributed by atoms with Crippen molar-refractivity contribution in [1.29, 1.82) is 0 Å². The Labute approximate surface area is 104 Å². The molecule has 4 rings (SSSR count). The van der Waals surface area contributed by atoms with Gasteiger partial charge in [0.25, 0.3) is 0 Å². The van der Waals surface area contributed by atoms with E-state index in [2.05, 4.69) is 18.2 Å². The summed E-state index contributed by atoms with van der Waals surface area (Å²) in [5.74, 6) is 0.726. The Morgan fingerprint density at radius 3 is 2.88 bits per heavy atom. The van der Waals surface area contributed by atoms with E-state index in [1.807, 2.05) is 11.3 Å². The van der Waals surface area contributed by atoms with E-state index in [0.29, 0.717) is 0 Å². The Bertz CT molecular complexity index is 581. The van der Waals surface area contributed by atoms with Gasteiger partial charge in [-0.25, -0.2) is 4.98 Å². The molecule has 2 aromatic rings. The molecule has 0 amide bonds. The molecule has 0 atom stereocenters. The molecule has 17 heavy (non-hydrogen) atoms. The van der Waals surface area contributed by atoms with Crippen molar-refractivity contribution in [1.82, 2.24) is 4.98 Å². The number of hydrogen-bond acceptors (Lipinski definition) is 3. The largest absolute Gasteiger partial charge is 0.390 e. The number of rotatable bonds is 3. The van der Waals surface area contributed by atoms with E-state index in [9.17, 15) is 5.11 Å². The van der Waals surface area contributed by atoms with Crippen molar-refractivity contribution in [3.63, 3.8) is 0 Å². The van der Waals surface area contributed by atoms with Gasteiger partial charge in [-0.3, -0.25) is 0 Å². The molecule has 88 valence electrons. The first-order valence-corrected chi connectivity index (χ1v) is 7.16. The van der Waals surface area contributed by atoms with Gasteiger partial charge in [0.2, 0.25) is 0 Å². The molecule has 0 bridgehead atoms. The van der Waals surface area contributed by atoms with Crippen molar-refractivity contribution in [3.05, 3.63) is 28.8 Å². The SMILES string of the molecule is OC1(Cc2cccc3sc(C4CC4)nc23)CC1. The summed E-state index contributed by atoms with van der Waals surface area (Å²) in [4.78, 5) is 4.79. The van der Waals surface area contributed by atoms with Crippen molar-refractivity contribution in [2.75, 3.05) is 0 Å². The van der Waals surface area contributed by atoms with Gasteiger partial charge in [-0.2, -0.15) is 0 Å². The van der Waals surface area contributed by atoms with Crippen LogP contribution in [-0.2, 0) is 6.42 Å². The quantitative estimate of drug-likeness (QED) is 0.900. The zero-order valence-corrected chi connectivity index (χ0v) is 10.5. The minimum absolute atomic E-state index is 0.419. The van der Waals surface area contributed by atoms with Crippen LogP contribution in [-0.4, -0.2) is 15.7 Å². The lowest BCUT2D eigenvalue weighted by Crippen LogP contribution is -2.10. The van der Waals surface area contributed by atoms with Crippen molar-refractivity contribution < 1.29 is 5.11 Å². The Hall–Kier alpha value is -0.930. The van der Waals surface area contributed by atoms with E-state index < -0.39 is 5.60 Å². The summed E-state index contributed by atoms with van der Waals surface area (Å²) in [7, 11) is 0.